The summed E-state index contributed by atoms with van der Waals surface area (Å²) in [5, 5.41) is 9.80. The van der Waals surface area contributed by atoms with Crippen LogP contribution in [0.2, 0.25) is 0 Å². The number of nitrogens with zero attached hydrogens (tertiary/aromatic N) is 4. The first-order valence-corrected chi connectivity index (χ1v) is 11.2. The van der Waals surface area contributed by atoms with Gasteiger partial charge in [0.15, 0.2) is 5.82 Å². The molecular formula is C19H20F3IN6. The Morgan fingerprint density at radius 2 is 1.76 bits per heavy atom. The van der Waals surface area contributed by atoms with Gasteiger partial charge < -0.3 is 5.32 Å². The first-order valence-electron chi connectivity index (χ1n) is 9.02. The number of fused-ring (bicyclic) bond motifs is 1. The molecule has 0 saturated heterocycles. The molecule has 0 aliphatic heterocycles. The van der Waals surface area contributed by atoms with Gasteiger partial charge in [0.2, 0.25) is 5.95 Å². The van der Waals surface area contributed by atoms with Crippen LogP contribution in [-0.4, -0.2) is 30.1 Å². The maximum absolute atomic E-state index is 13.4. The molecule has 6 nitrogen and oxygen atoms in total. The van der Waals surface area contributed by atoms with Crippen LogP contribution in [0.25, 0.3) is 11.4 Å². The molecule has 3 aromatic rings. The van der Waals surface area contributed by atoms with E-state index < -0.39 is 11.7 Å². The van der Waals surface area contributed by atoms with Crippen molar-refractivity contribution in [3.63, 3.8) is 0 Å². The fourth-order valence-corrected chi connectivity index (χ4v) is 3.25. The number of hydrogen-bond donors (Lipinski definition) is 2. The van der Waals surface area contributed by atoms with Crippen molar-refractivity contribution in [1.29, 1.82) is 0 Å². The highest BCUT2D eigenvalue weighted by Crippen LogP contribution is 2.37. The van der Waals surface area contributed by atoms with Gasteiger partial charge in [0.25, 0.3) is 0 Å². The summed E-state index contributed by atoms with van der Waals surface area (Å²) in [4.78, 5) is 15.1. The number of aryl methyl sites for hydroxylation is 2. The molecule has 154 valence electrons. The van der Waals surface area contributed by atoms with E-state index in [0.717, 1.165) is 36.6 Å². The predicted octanol–water partition coefficient (Wildman–Crippen LogP) is 5.26. The van der Waals surface area contributed by atoms with Crippen LogP contribution in [0.5, 0.6) is 0 Å². The van der Waals surface area contributed by atoms with Crippen LogP contribution < -0.4 is 5.32 Å². The van der Waals surface area contributed by atoms with E-state index in [1.807, 2.05) is 4.93 Å². The number of aromatic nitrogens is 5. The van der Waals surface area contributed by atoms with Gasteiger partial charge in [-0.05, 0) is 43.6 Å². The fourth-order valence-electron chi connectivity index (χ4n) is 3.25. The lowest BCUT2D eigenvalue weighted by Gasteiger charge is -2.20. The van der Waals surface area contributed by atoms with Crippen LogP contribution in [0, 0.1) is 6.92 Å². The standard InChI is InChI=1S/C18H17F3N6.CH3I/c1-10-22-17(27-26-10)25-16-12-7-3-5-9-14(12)23-15(24-16)11-6-2-4-8-13(11)18(19,20)21;1-2/h2,4,6,8H,3,5,7,9H2,1H3,(H2,22,23,24,25,26,27);1H3. The Labute approximate surface area is 179 Å². The molecule has 2 aromatic heterocycles. The first-order chi connectivity index (χ1) is 13.9. The van der Waals surface area contributed by atoms with Crippen LogP contribution in [0.4, 0.5) is 24.9 Å². The minimum absolute atomic E-state index is 0.0346. The molecule has 1 aromatic carbocycles. The van der Waals surface area contributed by atoms with Gasteiger partial charge in [0.1, 0.15) is 11.6 Å². The fraction of sp³-hybridized carbons (Fsp3) is 0.368. The van der Waals surface area contributed by atoms with Crippen LogP contribution in [0.15, 0.2) is 24.3 Å². The molecule has 0 amide bonds. The molecule has 2 heterocycles. The van der Waals surface area contributed by atoms with Crippen LogP contribution in [-0.2, 0) is 19.0 Å². The van der Waals surface area contributed by atoms with E-state index in [4.69, 9.17) is 0 Å². The minimum Gasteiger partial charge on any atom is -0.307 e. The third-order valence-electron chi connectivity index (χ3n) is 4.48. The molecule has 0 spiro atoms. The lowest BCUT2D eigenvalue weighted by atomic mass is 9.96. The summed E-state index contributed by atoms with van der Waals surface area (Å²) in [7, 11) is 0. The van der Waals surface area contributed by atoms with Gasteiger partial charge in [0, 0.05) is 16.8 Å². The summed E-state index contributed by atoms with van der Waals surface area (Å²) in [6, 6.07) is 5.36. The highest BCUT2D eigenvalue weighted by atomic mass is 127. The van der Waals surface area contributed by atoms with E-state index in [0.29, 0.717) is 24.0 Å². The van der Waals surface area contributed by atoms with E-state index >= 15 is 0 Å². The third kappa shape index (κ3) is 4.85. The minimum atomic E-state index is -4.48. The molecule has 29 heavy (non-hydrogen) atoms. The molecule has 0 radical (unpaired) electrons. The average Bonchev–Trinajstić information content (AvgIpc) is 3.13. The van der Waals surface area contributed by atoms with Crippen molar-refractivity contribution < 1.29 is 13.2 Å². The number of aromatic amines is 1. The average molecular weight is 516 g/mol. The van der Waals surface area contributed by atoms with Gasteiger partial charge in [0.05, 0.1) is 5.56 Å². The maximum atomic E-state index is 13.4. The van der Waals surface area contributed by atoms with Gasteiger partial charge in [-0.3, -0.25) is 5.10 Å². The second-order valence-corrected chi connectivity index (χ2v) is 6.44. The first kappa shape index (κ1) is 21.5. The monoisotopic (exact) mass is 516 g/mol. The molecule has 0 saturated carbocycles. The van der Waals surface area contributed by atoms with Crippen molar-refractivity contribution in [3.05, 3.63) is 46.9 Å². The van der Waals surface area contributed by atoms with Crippen molar-refractivity contribution in [2.45, 2.75) is 38.8 Å². The van der Waals surface area contributed by atoms with Gasteiger partial charge >= 0.3 is 6.18 Å². The Kier molecular flexibility index (Phi) is 6.70. The summed E-state index contributed by atoms with van der Waals surface area (Å²) >= 11 is 2.15. The summed E-state index contributed by atoms with van der Waals surface area (Å²) in [5.74, 6) is 1.47. The van der Waals surface area contributed by atoms with E-state index in [1.54, 1.807) is 13.0 Å². The van der Waals surface area contributed by atoms with Crippen molar-refractivity contribution >= 4 is 34.4 Å². The zero-order chi connectivity index (χ0) is 21.0. The number of benzene rings is 1. The molecule has 0 atom stereocenters. The second kappa shape index (κ2) is 9.06. The largest absolute Gasteiger partial charge is 0.417 e. The number of halogens is 4. The predicted molar refractivity (Wildman–Crippen MR) is 113 cm³/mol. The highest BCUT2D eigenvalue weighted by Gasteiger charge is 2.34. The topological polar surface area (TPSA) is 79.4 Å². The molecule has 0 bridgehead atoms. The van der Waals surface area contributed by atoms with E-state index in [2.05, 4.69) is 53.1 Å². The Morgan fingerprint density at radius 1 is 1.03 bits per heavy atom. The van der Waals surface area contributed by atoms with Crippen LogP contribution in [0.3, 0.4) is 0 Å². The van der Waals surface area contributed by atoms with Crippen molar-refractivity contribution in [1.82, 2.24) is 25.1 Å². The highest BCUT2D eigenvalue weighted by molar-refractivity contribution is 14.1. The Morgan fingerprint density at radius 3 is 2.45 bits per heavy atom. The smallest absolute Gasteiger partial charge is 0.307 e. The molecule has 10 heteroatoms. The molecular weight excluding hydrogens is 496 g/mol. The summed E-state index contributed by atoms with van der Waals surface area (Å²) in [6.45, 7) is 1.76. The lowest BCUT2D eigenvalue weighted by Crippen LogP contribution is -2.14. The quantitative estimate of drug-likeness (QED) is 0.367. The van der Waals surface area contributed by atoms with Crippen LogP contribution in [0.1, 0.15) is 35.5 Å². The van der Waals surface area contributed by atoms with Crippen molar-refractivity contribution in [3.8, 4) is 11.4 Å². The SMILES string of the molecule is CI.Cc1nc(Nc2nc(-c3ccccc3C(F)(F)F)nc3c2CCCC3)n[nH]1. The molecule has 0 fully saturated rings. The number of H-pyrrole nitrogens is 1. The van der Waals surface area contributed by atoms with Gasteiger partial charge in [-0.25, -0.2) is 9.97 Å². The summed E-state index contributed by atoms with van der Waals surface area (Å²) in [5.41, 5.74) is 0.906. The van der Waals surface area contributed by atoms with Gasteiger partial charge in [-0.15, -0.1) is 5.10 Å². The lowest BCUT2D eigenvalue weighted by molar-refractivity contribution is -0.137. The number of alkyl halides is 4. The zero-order valence-electron chi connectivity index (χ0n) is 15.9. The van der Waals surface area contributed by atoms with Gasteiger partial charge in [-0.2, -0.15) is 18.2 Å². The van der Waals surface area contributed by atoms with Gasteiger partial charge in [-0.1, -0.05) is 40.8 Å². The Bertz CT molecular complexity index is 986. The maximum Gasteiger partial charge on any atom is 0.417 e. The molecule has 4 rings (SSSR count). The molecule has 1 aliphatic carbocycles. The van der Waals surface area contributed by atoms with E-state index in [-0.39, 0.29) is 11.4 Å². The van der Waals surface area contributed by atoms with Crippen LogP contribution >= 0.6 is 22.6 Å². The van der Waals surface area contributed by atoms with E-state index in [9.17, 15) is 13.2 Å². The van der Waals surface area contributed by atoms with Crippen molar-refractivity contribution in [2.24, 2.45) is 0 Å². The molecule has 0 unspecified atom stereocenters. The Hall–Kier alpha value is -2.24. The summed E-state index contributed by atoms with van der Waals surface area (Å²) < 4.78 is 40.3. The zero-order valence-corrected chi connectivity index (χ0v) is 18.1. The Balaban J connectivity index is 0.00000117. The third-order valence-corrected chi connectivity index (χ3v) is 4.48. The number of nitrogens with one attached hydrogen (secondary N) is 2. The second-order valence-electron chi connectivity index (χ2n) is 6.44. The molecule has 2 N–H and O–H groups in total. The number of rotatable bonds is 3. The normalized spacial score (nSPS) is 13.3. The number of hydrogen-bond acceptors (Lipinski definition) is 5. The number of anilines is 2. The van der Waals surface area contributed by atoms with Crippen molar-refractivity contribution in [2.75, 3.05) is 10.2 Å². The molecule has 1 aliphatic rings. The van der Waals surface area contributed by atoms with E-state index in [1.165, 1.54) is 12.1 Å². The summed E-state index contributed by atoms with van der Waals surface area (Å²) in [6.07, 6.45) is -1.08.